The van der Waals surface area contributed by atoms with Crippen LogP contribution in [0.25, 0.3) is 0 Å². The minimum Gasteiger partial charge on any atom is -0.145 e. The summed E-state index contributed by atoms with van der Waals surface area (Å²) >= 11 is 5.41. The number of hydrogen-bond donors (Lipinski definition) is 0. The maximum atomic E-state index is 3.49. The molecule has 0 aliphatic rings. The smallest absolute Gasteiger partial charge is 0.0105 e. The van der Waals surface area contributed by atoms with Gasteiger partial charge < -0.3 is 0 Å². The van der Waals surface area contributed by atoms with E-state index in [0.29, 0.717) is 5.41 Å². The van der Waals surface area contributed by atoms with E-state index in [0.717, 1.165) is 5.33 Å². The number of aryl methyl sites for hydroxylation is 1. The van der Waals surface area contributed by atoms with E-state index < -0.39 is 0 Å². The van der Waals surface area contributed by atoms with Crippen molar-refractivity contribution in [3.8, 4) is 0 Å². The predicted octanol–water partition coefficient (Wildman–Crippen LogP) is 4.12. The molecule has 0 spiro atoms. The summed E-state index contributed by atoms with van der Waals surface area (Å²) in [5.41, 5.74) is 0.336. The molecule has 0 atom stereocenters. The van der Waals surface area contributed by atoms with Gasteiger partial charge in [0.1, 0.15) is 0 Å². The SMILES string of the molecule is Cc1ccc(C(C)(C)CCBr)s1. The molecule has 1 aromatic rings. The highest BCUT2D eigenvalue weighted by molar-refractivity contribution is 9.09. The molecule has 0 aliphatic carbocycles. The van der Waals surface area contributed by atoms with E-state index in [9.17, 15) is 0 Å². The highest BCUT2D eigenvalue weighted by Gasteiger charge is 2.20. The Labute approximate surface area is 87.1 Å². The van der Waals surface area contributed by atoms with Gasteiger partial charge in [-0.2, -0.15) is 0 Å². The summed E-state index contributed by atoms with van der Waals surface area (Å²) in [6.07, 6.45) is 1.20. The molecule has 0 saturated heterocycles. The fourth-order valence-electron chi connectivity index (χ4n) is 1.16. The number of hydrogen-bond acceptors (Lipinski definition) is 1. The van der Waals surface area contributed by atoms with Gasteiger partial charge in [-0.1, -0.05) is 29.8 Å². The van der Waals surface area contributed by atoms with Crippen molar-refractivity contribution in [3.63, 3.8) is 0 Å². The van der Waals surface area contributed by atoms with Crippen molar-refractivity contribution in [2.45, 2.75) is 32.6 Å². The highest BCUT2D eigenvalue weighted by atomic mass is 79.9. The second kappa shape index (κ2) is 3.93. The number of thiophene rings is 1. The van der Waals surface area contributed by atoms with Crippen molar-refractivity contribution in [3.05, 3.63) is 21.9 Å². The van der Waals surface area contributed by atoms with Gasteiger partial charge in [-0.15, -0.1) is 11.3 Å². The quantitative estimate of drug-likeness (QED) is 0.705. The van der Waals surface area contributed by atoms with Crippen LogP contribution in [0.2, 0.25) is 0 Å². The Kier molecular flexibility index (Phi) is 3.36. The van der Waals surface area contributed by atoms with Crippen LogP contribution in [0.3, 0.4) is 0 Å². The zero-order chi connectivity index (χ0) is 9.19. The van der Waals surface area contributed by atoms with Gasteiger partial charge >= 0.3 is 0 Å². The predicted molar refractivity (Wildman–Crippen MR) is 60.5 cm³/mol. The van der Waals surface area contributed by atoms with E-state index in [1.165, 1.54) is 16.2 Å². The zero-order valence-electron chi connectivity index (χ0n) is 7.86. The normalized spacial score (nSPS) is 12.0. The molecular weight excluding hydrogens is 232 g/mol. The van der Waals surface area contributed by atoms with E-state index in [2.05, 4.69) is 48.8 Å². The summed E-state index contributed by atoms with van der Waals surface area (Å²) in [6.45, 7) is 6.78. The Bertz CT molecular complexity index is 250. The number of alkyl halides is 1. The van der Waals surface area contributed by atoms with Crippen LogP contribution in [0.15, 0.2) is 12.1 Å². The Balaban J connectivity index is 2.81. The molecule has 12 heavy (non-hydrogen) atoms. The van der Waals surface area contributed by atoms with Crippen LogP contribution in [0.4, 0.5) is 0 Å². The van der Waals surface area contributed by atoms with E-state index >= 15 is 0 Å². The highest BCUT2D eigenvalue weighted by Crippen LogP contribution is 2.32. The molecule has 0 aromatic carbocycles. The standard InChI is InChI=1S/C10H15BrS/c1-8-4-5-9(12-8)10(2,3)6-7-11/h4-5H,6-7H2,1-3H3. The zero-order valence-corrected chi connectivity index (χ0v) is 10.3. The van der Waals surface area contributed by atoms with Crippen molar-refractivity contribution in [2.24, 2.45) is 0 Å². The Morgan fingerprint density at radius 3 is 2.50 bits per heavy atom. The van der Waals surface area contributed by atoms with Crippen LogP contribution in [-0.2, 0) is 5.41 Å². The van der Waals surface area contributed by atoms with Crippen molar-refractivity contribution in [1.82, 2.24) is 0 Å². The molecule has 1 rings (SSSR count). The van der Waals surface area contributed by atoms with Crippen molar-refractivity contribution >= 4 is 27.3 Å². The molecule has 0 saturated carbocycles. The van der Waals surface area contributed by atoms with Crippen molar-refractivity contribution in [1.29, 1.82) is 0 Å². The lowest BCUT2D eigenvalue weighted by Crippen LogP contribution is -2.15. The van der Waals surface area contributed by atoms with Crippen LogP contribution in [0, 0.1) is 6.92 Å². The van der Waals surface area contributed by atoms with Gasteiger partial charge in [0.05, 0.1) is 0 Å². The molecule has 1 aromatic heterocycles. The summed E-state index contributed by atoms with van der Waals surface area (Å²) in [5, 5.41) is 1.08. The Morgan fingerprint density at radius 2 is 2.08 bits per heavy atom. The molecule has 0 nitrogen and oxygen atoms in total. The maximum absolute atomic E-state index is 3.49. The summed E-state index contributed by atoms with van der Waals surface area (Å²) in [6, 6.07) is 4.46. The molecule has 0 fully saturated rings. The third-order valence-corrected chi connectivity index (χ3v) is 3.89. The average Bonchev–Trinajstić information content (AvgIpc) is 2.36. The molecule has 0 bridgehead atoms. The van der Waals surface area contributed by atoms with Gasteiger partial charge in [-0.25, -0.2) is 0 Å². The van der Waals surface area contributed by atoms with Gasteiger partial charge in [0.2, 0.25) is 0 Å². The van der Waals surface area contributed by atoms with E-state index in [-0.39, 0.29) is 0 Å². The first-order valence-corrected chi connectivity index (χ1v) is 6.13. The molecule has 0 aliphatic heterocycles. The van der Waals surface area contributed by atoms with Crippen LogP contribution >= 0.6 is 27.3 Å². The largest absolute Gasteiger partial charge is 0.145 e. The summed E-state index contributed by atoms with van der Waals surface area (Å²) in [4.78, 5) is 2.91. The van der Waals surface area contributed by atoms with Crippen LogP contribution in [0.1, 0.15) is 30.0 Å². The number of halogens is 1. The molecular formula is C10H15BrS. The van der Waals surface area contributed by atoms with Gasteiger partial charge in [-0.05, 0) is 30.9 Å². The minimum absolute atomic E-state index is 0.336. The second-order valence-electron chi connectivity index (χ2n) is 3.73. The lowest BCUT2D eigenvalue weighted by Gasteiger charge is -2.21. The molecule has 0 radical (unpaired) electrons. The lowest BCUT2D eigenvalue weighted by atomic mass is 9.89. The monoisotopic (exact) mass is 246 g/mol. The second-order valence-corrected chi connectivity index (χ2v) is 5.81. The summed E-state index contributed by atoms with van der Waals surface area (Å²) in [7, 11) is 0. The third-order valence-electron chi connectivity index (χ3n) is 2.13. The molecule has 1 heterocycles. The van der Waals surface area contributed by atoms with Gasteiger partial charge in [0.25, 0.3) is 0 Å². The topological polar surface area (TPSA) is 0 Å². The van der Waals surface area contributed by atoms with Crippen LogP contribution < -0.4 is 0 Å². The van der Waals surface area contributed by atoms with Crippen molar-refractivity contribution < 1.29 is 0 Å². The lowest BCUT2D eigenvalue weighted by molar-refractivity contribution is 0.523. The fourth-order valence-corrected chi connectivity index (χ4v) is 3.15. The molecule has 0 unspecified atom stereocenters. The first kappa shape index (κ1) is 10.3. The summed E-state index contributed by atoms with van der Waals surface area (Å²) < 4.78 is 0. The van der Waals surface area contributed by atoms with Gasteiger partial charge in [0.15, 0.2) is 0 Å². The third kappa shape index (κ3) is 2.33. The van der Waals surface area contributed by atoms with E-state index in [4.69, 9.17) is 0 Å². The van der Waals surface area contributed by atoms with Crippen molar-refractivity contribution in [2.75, 3.05) is 5.33 Å². The van der Waals surface area contributed by atoms with Gasteiger partial charge in [0, 0.05) is 15.1 Å². The van der Waals surface area contributed by atoms with E-state index in [1.807, 2.05) is 11.3 Å². The van der Waals surface area contributed by atoms with Gasteiger partial charge in [-0.3, -0.25) is 0 Å². The summed E-state index contributed by atoms with van der Waals surface area (Å²) in [5.74, 6) is 0. The molecule has 68 valence electrons. The Hall–Kier alpha value is 0.180. The first-order chi connectivity index (χ1) is 5.56. The first-order valence-electron chi connectivity index (χ1n) is 4.19. The van der Waals surface area contributed by atoms with Crippen LogP contribution in [0.5, 0.6) is 0 Å². The fraction of sp³-hybridized carbons (Fsp3) is 0.600. The maximum Gasteiger partial charge on any atom is 0.0105 e. The molecule has 2 heteroatoms. The van der Waals surface area contributed by atoms with Crippen LogP contribution in [-0.4, -0.2) is 5.33 Å². The molecule has 0 amide bonds. The molecule has 0 N–H and O–H groups in total. The average molecular weight is 247 g/mol. The van der Waals surface area contributed by atoms with E-state index in [1.54, 1.807) is 0 Å². The minimum atomic E-state index is 0.336. The number of rotatable bonds is 3. The Morgan fingerprint density at radius 1 is 1.42 bits per heavy atom.